The summed E-state index contributed by atoms with van der Waals surface area (Å²) < 4.78 is 318. The quantitative estimate of drug-likeness (QED) is 0.107. The first-order chi connectivity index (χ1) is 51.4. The van der Waals surface area contributed by atoms with Crippen LogP contribution >= 0.6 is 0 Å². The van der Waals surface area contributed by atoms with Gasteiger partial charge in [-0.15, -0.1) is 0 Å². The predicted molar refractivity (Wildman–Crippen MR) is 316 cm³/mol. The lowest BCUT2D eigenvalue weighted by atomic mass is 10.1. The second-order valence-electron chi connectivity index (χ2n) is 17.0. The molecular formula is C69H45N5OSi. The lowest BCUT2D eigenvalue weighted by molar-refractivity contribution is 0.669. The van der Waals surface area contributed by atoms with Crippen molar-refractivity contribution in [3.8, 4) is 45.5 Å². The van der Waals surface area contributed by atoms with Gasteiger partial charge in [0, 0.05) is 43.4 Å². The van der Waals surface area contributed by atoms with E-state index < -0.39 is 307 Å². The maximum Gasteiger partial charge on any atom is 0.238 e. The zero-order valence-electron chi connectivity index (χ0n) is 71.6. The molecule has 0 saturated heterocycles. The van der Waals surface area contributed by atoms with E-state index in [-0.39, 0.29) is 16.0 Å². The highest BCUT2D eigenvalue weighted by molar-refractivity contribution is 7.20. The minimum atomic E-state index is -5.46. The van der Waals surface area contributed by atoms with Gasteiger partial charge in [-0.1, -0.05) is 224 Å². The van der Waals surface area contributed by atoms with Crippen LogP contribution in [0.5, 0.6) is 0 Å². The van der Waals surface area contributed by atoms with Gasteiger partial charge in [-0.3, -0.25) is 4.57 Å². The van der Waals surface area contributed by atoms with E-state index in [2.05, 4.69) is 0 Å². The van der Waals surface area contributed by atoms with E-state index in [4.69, 9.17) is 37.2 Å². The normalized spacial score (nSPS) is 18.7. The number of para-hydroxylation sites is 6. The van der Waals surface area contributed by atoms with Crippen molar-refractivity contribution in [1.29, 1.82) is 0 Å². The molecule has 0 fully saturated rings. The Balaban J connectivity index is 1.18. The number of hydrogen-bond acceptors (Lipinski definition) is 4. The molecule has 0 bridgehead atoms. The molecule has 15 aromatic rings. The van der Waals surface area contributed by atoms with Crippen molar-refractivity contribution in [3.63, 3.8) is 0 Å². The van der Waals surface area contributed by atoms with E-state index in [0.717, 1.165) is 4.57 Å². The van der Waals surface area contributed by atoms with Gasteiger partial charge in [0.1, 0.15) is 11.2 Å². The first kappa shape index (κ1) is 21.9. The Morgan fingerprint density at radius 1 is 0.355 bits per heavy atom. The Kier molecular flexibility index (Phi) is 5.07. The minimum absolute atomic E-state index is 0.0109. The van der Waals surface area contributed by atoms with Crippen LogP contribution in [-0.4, -0.2) is 32.2 Å². The molecule has 7 heteroatoms. The summed E-state index contributed by atoms with van der Waals surface area (Å²) in [6.45, 7) is 0. The predicted octanol–water partition coefficient (Wildman–Crippen LogP) is 14.3. The summed E-state index contributed by atoms with van der Waals surface area (Å²) in [6, 6.07) is -13.3. The van der Waals surface area contributed by atoms with Crippen molar-refractivity contribution in [2.24, 2.45) is 0 Å². The van der Waals surface area contributed by atoms with Crippen molar-refractivity contribution in [2.75, 3.05) is 0 Å². The van der Waals surface area contributed by atoms with Gasteiger partial charge in [0.25, 0.3) is 0 Å². The van der Waals surface area contributed by atoms with Crippen LogP contribution in [-0.2, 0) is 0 Å². The molecule has 76 heavy (non-hydrogen) atoms. The van der Waals surface area contributed by atoms with Gasteiger partial charge in [-0.2, -0.15) is 9.97 Å². The Morgan fingerprint density at radius 2 is 0.908 bits per heavy atom. The van der Waals surface area contributed by atoms with Crippen LogP contribution in [0.4, 0.5) is 0 Å². The van der Waals surface area contributed by atoms with Gasteiger partial charge < -0.3 is 8.98 Å². The van der Waals surface area contributed by atoms with Gasteiger partial charge in [0.05, 0.1) is 73.0 Å². The molecule has 0 aliphatic rings. The molecule has 0 amide bonds. The summed E-state index contributed by atoms with van der Waals surface area (Å²) in [5, 5.41) is -2.74. The fraction of sp³-hybridized carbons (Fsp3) is 0. The van der Waals surface area contributed by atoms with Gasteiger partial charge in [0.2, 0.25) is 5.95 Å². The van der Waals surface area contributed by atoms with Gasteiger partial charge in [-0.05, 0) is 80.3 Å². The van der Waals surface area contributed by atoms with Gasteiger partial charge in [-0.25, -0.2) is 4.98 Å². The Labute approximate surface area is 485 Å². The average Bonchev–Trinajstić information content (AvgIpc) is 1.70. The number of rotatable bonds is 9. The lowest BCUT2D eigenvalue weighted by Gasteiger charge is -2.35. The van der Waals surface area contributed by atoms with Crippen LogP contribution in [0.3, 0.4) is 0 Å². The minimum Gasteiger partial charge on any atom is -0.456 e. The van der Waals surface area contributed by atoms with Crippen LogP contribution in [0, 0.1) is 0 Å². The highest BCUT2D eigenvalue weighted by Gasteiger charge is 2.42. The number of benzene rings is 11. The summed E-state index contributed by atoms with van der Waals surface area (Å²) in [5.41, 5.74) is -6.61. The fourth-order valence-corrected chi connectivity index (χ4v) is 13.9. The Hall–Kier alpha value is -9.95. The number of furan rings is 1. The zero-order valence-corrected chi connectivity index (χ0v) is 39.6. The topological polar surface area (TPSA) is 61.7 Å². The van der Waals surface area contributed by atoms with Crippen LogP contribution in [0.15, 0.2) is 277 Å². The highest BCUT2D eigenvalue weighted by atomic mass is 28.3. The Morgan fingerprint density at radius 3 is 1.61 bits per heavy atom. The maximum atomic E-state index is 11.0. The largest absolute Gasteiger partial charge is 0.456 e. The monoisotopic (exact) mass is 1020 g/mol. The number of fused-ring (bicyclic) bond motifs is 9. The Bertz CT molecular complexity index is 6530. The second-order valence-corrected chi connectivity index (χ2v) is 20.7. The second kappa shape index (κ2) is 17.6. The van der Waals surface area contributed by atoms with E-state index in [0.29, 0.717) is 20.9 Å². The molecular weight excluding hydrogens is 943 g/mol. The van der Waals surface area contributed by atoms with E-state index >= 15 is 0 Å². The fourth-order valence-electron chi connectivity index (χ4n) is 9.75. The molecule has 6 nitrogen and oxygen atoms in total. The summed E-state index contributed by atoms with van der Waals surface area (Å²) in [4.78, 5) is 14.3. The molecule has 4 heterocycles. The third kappa shape index (κ3) is 6.83. The van der Waals surface area contributed by atoms with Gasteiger partial charge >= 0.3 is 0 Å². The molecule has 0 aliphatic carbocycles. The van der Waals surface area contributed by atoms with Crippen molar-refractivity contribution in [1.82, 2.24) is 24.1 Å². The number of aromatic nitrogens is 5. The molecule has 0 spiro atoms. The van der Waals surface area contributed by atoms with E-state index in [1.165, 1.54) is 36.4 Å². The first-order valence-corrected chi connectivity index (χ1v) is 25.1. The van der Waals surface area contributed by atoms with E-state index in [9.17, 15) is 27.4 Å². The molecule has 0 saturated carbocycles. The zero-order chi connectivity index (χ0) is 78.9. The standard InChI is InChI=1S/C69H45N5OSi/c1-3-20-46(21-4-1)47-38-40-50(41-39-47)76(49-23-5-2-6-24-49,52-42-43-66-59(45-52)57-30-12-18-37-65(57)75-66)51-25-19-22-48(44-51)67-70-68(72-69(71-67)74-62-34-15-9-28-55(62)56-29-10-16-35-63(56)74)58-31-11-17-36-64(58)73-60-32-13-7-26-53(60)54-27-8-14-33-61(54)73/h1-45H/i1D,3D,4D,7D,8D,9D,10D,11D,13D,14D,15D,16D,17D,19D,20D,21D,22D,25D,26D,27D,28D,29D,31D,32D,33D,34D,35D,36D,38D,39D,40D,41D,44D. The third-order valence-corrected chi connectivity index (χ3v) is 17.4. The molecule has 15 rings (SSSR count). The van der Waals surface area contributed by atoms with Crippen molar-refractivity contribution < 1.29 is 49.7 Å². The summed E-state index contributed by atoms with van der Waals surface area (Å²) in [5.74, 6) is -3.17. The maximum absolute atomic E-state index is 11.0. The highest BCUT2D eigenvalue weighted by Crippen LogP contribution is 2.38. The number of nitrogens with zero attached hydrogens (tertiary/aromatic N) is 5. The molecule has 4 aromatic heterocycles. The molecule has 1 unspecified atom stereocenters. The summed E-state index contributed by atoms with van der Waals surface area (Å²) >= 11 is 0. The van der Waals surface area contributed by atoms with E-state index in [1.807, 2.05) is 0 Å². The molecule has 11 aromatic carbocycles. The van der Waals surface area contributed by atoms with Crippen LogP contribution < -0.4 is 20.7 Å². The van der Waals surface area contributed by atoms with Crippen molar-refractivity contribution in [2.45, 2.75) is 0 Å². The third-order valence-electron chi connectivity index (χ3n) is 13.0. The smallest absolute Gasteiger partial charge is 0.238 e. The molecule has 356 valence electrons. The summed E-state index contributed by atoms with van der Waals surface area (Å²) in [6.07, 6.45) is 0. The van der Waals surface area contributed by atoms with Gasteiger partial charge in [0.15, 0.2) is 19.7 Å². The van der Waals surface area contributed by atoms with Crippen LogP contribution in [0.2, 0.25) is 0 Å². The number of hydrogen-bond donors (Lipinski definition) is 0. The molecule has 1 atom stereocenters. The van der Waals surface area contributed by atoms with E-state index in [1.54, 1.807) is 36.4 Å². The molecule has 0 radical (unpaired) electrons. The van der Waals surface area contributed by atoms with Crippen molar-refractivity contribution >= 4 is 94.4 Å². The molecule has 0 aliphatic heterocycles. The van der Waals surface area contributed by atoms with Crippen LogP contribution in [0.25, 0.3) is 111 Å². The average molecular weight is 1020 g/mol. The van der Waals surface area contributed by atoms with Crippen molar-refractivity contribution in [3.05, 3.63) is 272 Å². The SMILES string of the molecule is [2H]c1c([2H])c([2H])c(-c2c([2H])c([2H])c([Si](c3ccccc3)(c3ccc4oc5ccccc5c4c3)c3c([2H])c([2H])c([2H])c(-c4nc(-c5c([2H])c([2H])c([2H])c([2H])c5-n5c6c([2H])c([2H])c([2H])c([2H])c6c6c([2H])c([2H])c([2H])c([2H])c65)nc(-n5c6c([2H])c([2H])c([2H])c([2H])c6c6c([2H])c([2H])c([2H])c([2H])c65)n4)c3[2H])c([2H])c2[2H])c([2H])c1[2H]. The lowest BCUT2D eigenvalue weighted by Crippen LogP contribution is -2.74. The first-order valence-electron chi connectivity index (χ1n) is 39.6. The molecule has 0 N–H and O–H groups in total. The summed E-state index contributed by atoms with van der Waals surface area (Å²) in [7, 11) is -5.46. The van der Waals surface area contributed by atoms with Crippen LogP contribution in [0.1, 0.15) is 45.2 Å².